The van der Waals surface area contributed by atoms with E-state index in [1.54, 1.807) is 4.68 Å². The lowest BCUT2D eigenvalue weighted by Gasteiger charge is -2.04. The molecule has 6 nitrogen and oxygen atoms in total. The lowest BCUT2D eigenvalue weighted by Crippen LogP contribution is -2.11. The van der Waals surface area contributed by atoms with E-state index < -0.39 is 0 Å². The van der Waals surface area contributed by atoms with Crippen molar-refractivity contribution in [1.29, 1.82) is 0 Å². The first-order chi connectivity index (χ1) is 9.11. The minimum atomic E-state index is -0.179. The van der Waals surface area contributed by atoms with Crippen LogP contribution in [-0.2, 0) is 6.54 Å². The molecule has 0 aliphatic carbocycles. The smallest absolute Gasteiger partial charge is 0.262 e. The number of nitrogens with zero attached hydrogens (tertiary/aromatic N) is 3. The van der Waals surface area contributed by atoms with Gasteiger partial charge in [-0.25, -0.2) is 9.67 Å². The van der Waals surface area contributed by atoms with Crippen LogP contribution in [0.3, 0.4) is 0 Å². The number of aromatic nitrogens is 4. The maximum atomic E-state index is 11.9. The third-order valence-electron chi connectivity index (χ3n) is 2.73. The summed E-state index contributed by atoms with van der Waals surface area (Å²) in [6, 6.07) is 0. The van der Waals surface area contributed by atoms with Crippen LogP contribution in [0.25, 0.3) is 11.0 Å². The van der Waals surface area contributed by atoms with Crippen LogP contribution in [0.2, 0.25) is 0 Å². The van der Waals surface area contributed by atoms with Crippen molar-refractivity contribution in [2.45, 2.75) is 32.0 Å². The van der Waals surface area contributed by atoms with E-state index in [0.29, 0.717) is 28.7 Å². The van der Waals surface area contributed by atoms with Gasteiger partial charge in [-0.15, -0.1) is 0 Å². The van der Waals surface area contributed by atoms with Gasteiger partial charge in [-0.2, -0.15) is 5.10 Å². The van der Waals surface area contributed by atoms with Crippen LogP contribution in [0.1, 0.15) is 20.3 Å². The highest BCUT2D eigenvalue weighted by Crippen LogP contribution is 2.17. The van der Waals surface area contributed by atoms with Crippen LogP contribution in [-0.4, -0.2) is 37.2 Å². The van der Waals surface area contributed by atoms with Crippen LogP contribution in [0.5, 0.6) is 0 Å². The zero-order chi connectivity index (χ0) is 13.8. The van der Waals surface area contributed by atoms with Gasteiger partial charge in [0.25, 0.3) is 5.56 Å². The number of aliphatic hydroxyl groups is 1. The quantitative estimate of drug-likeness (QED) is 0.615. The average molecular weight is 282 g/mol. The molecule has 0 saturated heterocycles. The molecule has 7 heteroatoms. The minimum Gasteiger partial charge on any atom is -0.394 e. The molecule has 0 fully saturated rings. The molecule has 2 aromatic rings. The van der Waals surface area contributed by atoms with E-state index in [2.05, 4.69) is 28.9 Å². The molecule has 0 saturated carbocycles. The second kappa shape index (κ2) is 6.21. The molecule has 0 aromatic carbocycles. The fourth-order valence-corrected chi connectivity index (χ4v) is 2.76. The van der Waals surface area contributed by atoms with E-state index >= 15 is 0 Å². The van der Waals surface area contributed by atoms with Crippen LogP contribution < -0.4 is 5.56 Å². The molecule has 0 unspecified atom stereocenters. The lowest BCUT2D eigenvalue weighted by atomic mass is 10.2. The number of hydrogen-bond acceptors (Lipinski definition) is 5. The van der Waals surface area contributed by atoms with Gasteiger partial charge < -0.3 is 10.1 Å². The Bertz CT molecular complexity index is 605. The number of H-pyrrole nitrogens is 1. The van der Waals surface area contributed by atoms with E-state index in [4.69, 9.17) is 5.11 Å². The molecular formula is C12H18N4O2S. The van der Waals surface area contributed by atoms with Crippen LogP contribution >= 0.6 is 11.8 Å². The lowest BCUT2D eigenvalue weighted by molar-refractivity contribution is 0.271. The maximum absolute atomic E-state index is 11.9. The second-order valence-electron chi connectivity index (χ2n) is 4.73. The van der Waals surface area contributed by atoms with Crippen LogP contribution in [0.15, 0.2) is 16.1 Å². The van der Waals surface area contributed by atoms with Crippen molar-refractivity contribution in [3.8, 4) is 0 Å². The Morgan fingerprint density at radius 1 is 1.53 bits per heavy atom. The summed E-state index contributed by atoms with van der Waals surface area (Å²) in [5, 5.41) is 14.1. The van der Waals surface area contributed by atoms with Gasteiger partial charge in [0.15, 0.2) is 10.8 Å². The van der Waals surface area contributed by atoms with Crippen molar-refractivity contribution < 1.29 is 5.11 Å². The standard InChI is InChI=1S/C12H18N4O2S/c1-8(2)3-6-19-12-14-10-9(11(18)15-12)7-13-16(10)4-5-17/h7-8,17H,3-6H2,1-2H3,(H,14,15,18). The van der Waals surface area contributed by atoms with E-state index in [1.807, 2.05) is 0 Å². The minimum absolute atomic E-state index is 0.0267. The molecule has 0 bridgehead atoms. The first-order valence-electron chi connectivity index (χ1n) is 6.31. The Balaban J connectivity index is 2.25. The highest BCUT2D eigenvalue weighted by Gasteiger charge is 2.10. The van der Waals surface area contributed by atoms with Gasteiger partial charge in [-0.1, -0.05) is 25.6 Å². The summed E-state index contributed by atoms with van der Waals surface area (Å²) >= 11 is 1.54. The van der Waals surface area contributed by atoms with Crippen LogP contribution in [0, 0.1) is 5.92 Å². The normalized spacial score (nSPS) is 11.6. The Labute approximate surface area is 115 Å². The predicted octanol–water partition coefficient (Wildman–Crippen LogP) is 1.25. The average Bonchev–Trinajstić information content (AvgIpc) is 2.73. The van der Waals surface area contributed by atoms with Crippen molar-refractivity contribution >= 4 is 22.8 Å². The summed E-state index contributed by atoms with van der Waals surface area (Å²) in [7, 11) is 0. The SMILES string of the molecule is CC(C)CCSc1nc2c(cnn2CCO)c(=O)[nH]1. The number of hydrogen-bond donors (Lipinski definition) is 2. The van der Waals surface area contributed by atoms with E-state index in [1.165, 1.54) is 18.0 Å². The van der Waals surface area contributed by atoms with Crippen molar-refractivity contribution in [3.63, 3.8) is 0 Å². The Morgan fingerprint density at radius 2 is 2.32 bits per heavy atom. The zero-order valence-corrected chi connectivity index (χ0v) is 11.9. The third-order valence-corrected chi connectivity index (χ3v) is 3.64. The predicted molar refractivity (Wildman–Crippen MR) is 75.4 cm³/mol. The fraction of sp³-hybridized carbons (Fsp3) is 0.583. The maximum Gasteiger partial charge on any atom is 0.262 e. The zero-order valence-electron chi connectivity index (χ0n) is 11.1. The molecule has 0 aliphatic heterocycles. The fourth-order valence-electron chi connectivity index (χ4n) is 1.66. The van der Waals surface area contributed by atoms with Gasteiger partial charge in [0.1, 0.15) is 5.39 Å². The number of aliphatic hydroxyl groups excluding tert-OH is 1. The molecule has 0 amide bonds. The topological polar surface area (TPSA) is 83.8 Å². The molecule has 2 heterocycles. The monoisotopic (exact) mass is 282 g/mol. The summed E-state index contributed by atoms with van der Waals surface area (Å²) < 4.78 is 1.55. The molecule has 104 valence electrons. The Kier molecular flexibility index (Phi) is 4.60. The second-order valence-corrected chi connectivity index (χ2v) is 5.81. The first-order valence-corrected chi connectivity index (χ1v) is 7.30. The van der Waals surface area contributed by atoms with Gasteiger partial charge in [-0.3, -0.25) is 4.79 Å². The van der Waals surface area contributed by atoms with Crippen molar-refractivity contribution in [2.75, 3.05) is 12.4 Å². The van der Waals surface area contributed by atoms with Gasteiger partial charge in [0.05, 0.1) is 19.3 Å². The molecule has 2 aromatic heterocycles. The van der Waals surface area contributed by atoms with Crippen LogP contribution in [0.4, 0.5) is 0 Å². The molecule has 2 rings (SSSR count). The van der Waals surface area contributed by atoms with Gasteiger partial charge in [0, 0.05) is 5.75 Å². The number of fused-ring (bicyclic) bond motifs is 1. The van der Waals surface area contributed by atoms with E-state index in [0.717, 1.165) is 12.2 Å². The Morgan fingerprint density at radius 3 is 3.00 bits per heavy atom. The number of thioether (sulfide) groups is 1. The molecular weight excluding hydrogens is 264 g/mol. The van der Waals surface area contributed by atoms with E-state index in [9.17, 15) is 4.79 Å². The van der Waals surface area contributed by atoms with Gasteiger partial charge in [-0.05, 0) is 12.3 Å². The highest BCUT2D eigenvalue weighted by molar-refractivity contribution is 7.99. The third kappa shape index (κ3) is 3.36. The molecule has 0 spiro atoms. The summed E-state index contributed by atoms with van der Waals surface area (Å²) in [5.41, 5.74) is 0.353. The summed E-state index contributed by atoms with van der Waals surface area (Å²) in [6.07, 6.45) is 2.56. The van der Waals surface area contributed by atoms with Crippen molar-refractivity contribution in [1.82, 2.24) is 19.7 Å². The largest absolute Gasteiger partial charge is 0.394 e. The molecule has 0 atom stereocenters. The van der Waals surface area contributed by atoms with Gasteiger partial charge in [0.2, 0.25) is 0 Å². The molecule has 0 aliphatic rings. The number of aromatic amines is 1. The van der Waals surface area contributed by atoms with Crippen molar-refractivity contribution in [2.24, 2.45) is 5.92 Å². The number of nitrogens with one attached hydrogen (secondary N) is 1. The van der Waals surface area contributed by atoms with E-state index in [-0.39, 0.29) is 12.2 Å². The first kappa shape index (κ1) is 14.1. The molecule has 2 N–H and O–H groups in total. The highest BCUT2D eigenvalue weighted by atomic mass is 32.2. The molecule has 0 radical (unpaired) electrons. The summed E-state index contributed by atoms with van der Waals surface area (Å²) in [6.45, 7) is 4.64. The Hall–Kier alpha value is -1.34. The van der Waals surface area contributed by atoms with Gasteiger partial charge >= 0.3 is 0 Å². The summed E-state index contributed by atoms with van der Waals surface area (Å²) in [5.74, 6) is 1.54. The van der Waals surface area contributed by atoms with Crippen molar-refractivity contribution in [3.05, 3.63) is 16.6 Å². The summed E-state index contributed by atoms with van der Waals surface area (Å²) in [4.78, 5) is 19.1. The number of rotatable bonds is 6. The molecule has 19 heavy (non-hydrogen) atoms.